The quantitative estimate of drug-likeness (QED) is 0.831. The molecule has 2 aromatic carbocycles. The minimum atomic E-state index is -0.269. The molecule has 1 N–H and O–H groups in total. The fraction of sp³-hybridized carbons (Fsp3) is 0.381. The van der Waals surface area contributed by atoms with Crippen LogP contribution < -0.4 is 5.32 Å². The topological polar surface area (TPSA) is 32.3 Å². The van der Waals surface area contributed by atoms with E-state index < -0.39 is 0 Å². The Kier molecular flexibility index (Phi) is 6.28. The SMILES string of the molecule is C[C@@H](NC(=O)[C@H]1CCCN(Cc2ccccc2Cl)C1)c1ccc(F)cc1. The van der Waals surface area contributed by atoms with E-state index in [9.17, 15) is 9.18 Å². The fourth-order valence-electron chi connectivity index (χ4n) is 3.45. The van der Waals surface area contributed by atoms with E-state index in [-0.39, 0.29) is 23.7 Å². The molecule has 26 heavy (non-hydrogen) atoms. The molecule has 1 amide bonds. The highest BCUT2D eigenvalue weighted by Crippen LogP contribution is 2.23. The van der Waals surface area contributed by atoms with E-state index in [4.69, 9.17) is 11.6 Å². The van der Waals surface area contributed by atoms with Gasteiger partial charge in [-0.05, 0) is 55.6 Å². The predicted octanol–water partition coefficient (Wildman–Crippen LogP) is 4.57. The summed E-state index contributed by atoms with van der Waals surface area (Å²) in [5.41, 5.74) is 2.00. The number of likely N-dealkylation sites (tertiary alicyclic amines) is 1. The summed E-state index contributed by atoms with van der Waals surface area (Å²) < 4.78 is 13.1. The summed E-state index contributed by atoms with van der Waals surface area (Å²) in [5, 5.41) is 3.83. The Morgan fingerprint density at radius 1 is 1.27 bits per heavy atom. The minimum Gasteiger partial charge on any atom is -0.349 e. The highest BCUT2D eigenvalue weighted by Gasteiger charge is 2.27. The van der Waals surface area contributed by atoms with Gasteiger partial charge in [0.2, 0.25) is 5.91 Å². The van der Waals surface area contributed by atoms with Crippen LogP contribution in [0.2, 0.25) is 5.02 Å². The molecule has 1 fully saturated rings. The van der Waals surface area contributed by atoms with Crippen molar-refractivity contribution in [3.05, 3.63) is 70.5 Å². The lowest BCUT2D eigenvalue weighted by molar-refractivity contribution is -0.127. The van der Waals surface area contributed by atoms with Crippen LogP contribution in [0.1, 0.15) is 36.9 Å². The van der Waals surface area contributed by atoms with Crippen molar-refractivity contribution in [2.75, 3.05) is 13.1 Å². The van der Waals surface area contributed by atoms with Gasteiger partial charge in [-0.25, -0.2) is 4.39 Å². The molecule has 5 heteroatoms. The van der Waals surface area contributed by atoms with Gasteiger partial charge in [0.15, 0.2) is 0 Å². The van der Waals surface area contributed by atoms with Gasteiger partial charge in [0, 0.05) is 18.1 Å². The summed E-state index contributed by atoms with van der Waals surface area (Å²) in [7, 11) is 0. The second-order valence-corrected chi connectivity index (χ2v) is 7.35. The van der Waals surface area contributed by atoms with Crippen molar-refractivity contribution >= 4 is 17.5 Å². The molecule has 0 unspecified atom stereocenters. The number of hydrogen-bond donors (Lipinski definition) is 1. The summed E-state index contributed by atoms with van der Waals surface area (Å²) in [5.74, 6) is -0.241. The zero-order valence-corrected chi connectivity index (χ0v) is 15.7. The molecule has 0 radical (unpaired) electrons. The summed E-state index contributed by atoms with van der Waals surface area (Å²) in [6.07, 6.45) is 1.88. The third kappa shape index (κ3) is 4.83. The van der Waals surface area contributed by atoms with E-state index in [1.54, 1.807) is 12.1 Å². The molecule has 1 aliphatic heterocycles. The number of nitrogens with one attached hydrogen (secondary N) is 1. The second-order valence-electron chi connectivity index (χ2n) is 6.95. The van der Waals surface area contributed by atoms with Crippen molar-refractivity contribution in [2.24, 2.45) is 5.92 Å². The first-order chi connectivity index (χ1) is 12.5. The van der Waals surface area contributed by atoms with Crippen LogP contribution in [0.4, 0.5) is 4.39 Å². The average Bonchev–Trinajstić information content (AvgIpc) is 2.64. The van der Waals surface area contributed by atoms with Crippen molar-refractivity contribution in [2.45, 2.75) is 32.4 Å². The second kappa shape index (κ2) is 8.65. The number of rotatable bonds is 5. The van der Waals surface area contributed by atoms with Crippen LogP contribution in [0.3, 0.4) is 0 Å². The molecule has 0 aliphatic carbocycles. The maximum absolute atomic E-state index is 13.1. The Labute approximate surface area is 159 Å². The van der Waals surface area contributed by atoms with E-state index >= 15 is 0 Å². The summed E-state index contributed by atoms with van der Waals surface area (Å²) in [4.78, 5) is 15.0. The molecular weight excluding hydrogens is 351 g/mol. The largest absolute Gasteiger partial charge is 0.349 e. The van der Waals surface area contributed by atoms with Crippen LogP contribution in [0.5, 0.6) is 0 Å². The molecule has 1 aliphatic rings. The Morgan fingerprint density at radius 2 is 2.00 bits per heavy atom. The molecule has 0 saturated carbocycles. The first kappa shape index (κ1) is 18.9. The van der Waals surface area contributed by atoms with Gasteiger partial charge in [0.1, 0.15) is 5.82 Å². The van der Waals surface area contributed by atoms with Crippen molar-refractivity contribution in [1.82, 2.24) is 10.2 Å². The Hall–Kier alpha value is -1.91. The number of nitrogens with zero attached hydrogens (tertiary/aromatic N) is 1. The van der Waals surface area contributed by atoms with Gasteiger partial charge in [0.05, 0.1) is 12.0 Å². The highest BCUT2D eigenvalue weighted by atomic mass is 35.5. The van der Waals surface area contributed by atoms with E-state index in [1.165, 1.54) is 12.1 Å². The van der Waals surface area contributed by atoms with Gasteiger partial charge in [-0.3, -0.25) is 9.69 Å². The lowest BCUT2D eigenvalue weighted by Gasteiger charge is -2.32. The average molecular weight is 375 g/mol. The van der Waals surface area contributed by atoms with Crippen molar-refractivity contribution in [3.63, 3.8) is 0 Å². The van der Waals surface area contributed by atoms with Crippen molar-refractivity contribution in [1.29, 1.82) is 0 Å². The van der Waals surface area contributed by atoms with Gasteiger partial charge in [-0.15, -0.1) is 0 Å². The predicted molar refractivity (Wildman–Crippen MR) is 102 cm³/mol. The molecule has 3 nitrogen and oxygen atoms in total. The number of amides is 1. The number of benzene rings is 2. The van der Waals surface area contributed by atoms with Crippen LogP contribution in [0, 0.1) is 11.7 Å². The molecule has 2 atom stereocenters. The van der Waals surface area contributed by atoms with E-state index in [1.807, 2.05) is 31.2 Å². The lowest BCUT2D eigenvalue weighted by atomic mass is 9.96. The first-order valence-corrected chi connectivity index (χ1v) is 9.42. The first-order valence-electron chi connectivity index (χ1n) is 9.04. The maximum Gasteiger partial charge on any atom is 0.224 e. The van der Waals surface area contributed by atoms with Crippen LogP contribution in [-0.2, 0) is 11.3 Å². The smallest absolute Gasteiger partial charge is 0.224 e. The Morgan fingerprint density at radius 3 is 2.73 bits per heavy atom. The lowest BCUT2D eigenvalue weighted by Crippen LogP contribution is -2.43. The molecule has 0 bridgehead atoms. The summed E-state index contributed by atoms with van der Waals surface area (Å²) >= 11 is 6.26. The zero-order valence-electron chi connectivity index (χ0n) is 14.9. The monoisotopic (exact) mass is 374 g/mol. The molecular formula is C21H24ClFN2O. The van der Waals surface area contributed by atoms with Crippen molar-refractivity contribution in [3.8, 4) is 0 Å². The summed E-state index contributed by atoms with van der Waals surface area (Å²) in [6, 6.07) is 14.0. The van der Waals surface area contributed by atoms with Crippen LogP contribution in [0.25, 0.3) is 0 Å². The molecule has 0 aromatic heterocycles. The molecule has 2 aromatic rings. The normalized spacial score (nSPS) is 19.1. The van der Waals surface area contributed by atoms with Crippen LogP contribution in [-0.4, -0.2) is 23.9 Å². The van der Waals surface area contributed by atoms with Gasteiger partial charge >= 0.3 is 0 Å². The molecule has 1 heterocycles. The van der Waals surface area contributed by atoms with Crippen LogP contribution in [0.15, 0.2) is 48.5 Å². The molecule has 3 rings (SSSR count). The minimum absolute atomic E-state index is 0.0332. The third-order valence-corrected chi connectivity index (χ3v) is 5.33. The van der Waals surface area contributed by atoms with Gasteiger partial charge in [0.25, 0.3) is 0 Å². The van der Waals surface area contributed by atoms with E-state index in [2.05, 4.69) is 10.2 Å². The van der Waals surface area contributed by atoms with Crippen molar-refractivity contribution < 1.29 is 9.18 Å². The number of carbonyl (C=O) groups is 1. The molecule has 1 saturated heterocycles. The Balaban J connectivity index is 1.57. The molecule has 0 spiro atoms. The Bertz CT molecular complexity index is 750. The third-order valence-electron chi connectivity index (χ3n) is 4.96. The maximum atomic E-state index is 13.1. The number of halogens is 2. The van der Waals surface area contributed by atoms with Gasteiger partial charge < -0.3 is 5.32 Å². The standard InChI is InChI=1S/C21H24ClFN2O/c1-15(16-8-10-19(23)11-9-16)24-21(26)18-6-4-12-25(14-18)13-17-5-2-3-7-20(17)22/h2-3,5,7-11,15,18H,4,6,12-14H2,1H3,(H,24,26)/t15-,18+/m1/s1. The fourth-order valence-corrected chi connectivity index (χ4v) is 3.64. The number of hydrogen-bond acceptors (Lipinski definition) is 2. The zero-order chi connectivity index (χ0) is 18.5. The number of carbonyl (C=O) groups excluding carboxylic acids is 1. The highest BCUT2D eigenvalue weighted by molar-refractivity contribution is 6.31. The van der Waals surface area contributed by atoms with Gasteiger partial charge in [-0.2, -0.15) is 0 Å². The van der Waals surface area contributed by atoms with E-state index in [0.29, 0.717) is 0 Å². The van der Waals surface area contributed by atoms with Crippen LogP contribution >= 0.6 is 11.6 Å². The van der Waals surface area contributed by atoms with Gasteiger partial charge in [-0.1, -0.05) is 41.9 Å². The van der Waals surface area contributed by atoms with E-state index in [0.717, 1.165) is 48.6 Å². The number of piperidine rings is 1. The molecule has 138 valence electrons. The summed E-state index contributed by atoms with van der Waals surface area (Å²) in [6.45, 7) is 4.39.